The number of carbonyl (C=O) groups is 1. The van der Waals surface area contributed by atoms with Crippen LogP contribution in [0.5, 0.6) is 0 Å². The summed E-state index contributed by atoms with van der Waals surface area (Å²) in [6.45, 7) is 5.60. The minimum Gasteiger partial charge on any atom is -0.323 e. The maximum Gasteiger partial charge on any atom is 0.248 e. The summed E-state index contributed by atoms with van der Waals surface area (Å²) in [5.74, 6) is 0.352. The van der Waals surface area contributed by atoms with E-state index in [1.165, 1.54) is 36.6 Å². The fourth-order valence-electron chi connectivity index (χ4n) is 3.10. The van der Waals surface area contributed by atoms with E-state index in [-0.39, 0.29) is 11.7 Å². The summed E-state index contributed by atoms with van der Waals surface area (Å²) in [6, 6.07) is 14.0. The van der Waals surface area contributed by atoms with Crippen LogP contribution < -0.4 is 5.32 Å². The van der Waals surface area contributed by atoms with E-state index in [1.54, 1.807) is 18.2 Å². The maximum atomic E-state index is 12.9. The molecule has 0 aromatic heterocycles. The van der Waals surface area contributed by atoms with Gasteiger partial charge in [0.05, 0.1) is 0 Å². The average Bonchev–Trinajstić information content (AvgIpc) is 2.65. The highest BCUT2D eigenvalue weighted by Crippen LogP contribution is 2.19. The van der Waals surface area contributed by atoms with Gasteiger partial charge in [0.15, 0.2) is 0 Å². The molecule has 1 heterocycles. The first-order valence-corrected chi connectivity index (χ1v) is 9.14. The van der Waals surface area contributed by atoms with Crippen LogP contribution in [0.2, 0.25) is 0 Å². The zero-order chi connectivity index (χ0) is 18.4. The maximum absolute atomic E-state index is 12.9. The van der Waals surface area contributed by atoms with Gasteiger partial charge in [-0.05, 0) is 73.3 Å². The standard InChI is InChI=1S/C22H25FN2O/c1-17-12-14-25(15-13-17)16-19-4-9-21(10-5-19)24-22(26)11-6-18-2-7-20(23)8-3-18/h2-11,17H,12-16H2,1H3,(H,24,26)/b11-6+. The second-order valence-electron chi connectivity index (χ2n) is 7.03. The molecule has 136 valence electrons. The molecule has 0 saturated carbocycles. The monoisotopic (exact) mass is 352 g/mol. The highest BCUT2D eigenvalue weighted by Gasteiger charge is 2.15. The van der Waals surface area contributed by atoms with Crippen molar-refractivity contribution in [2.75, 3.05) is 18.4 Å². The van der Waals surface area contributed by atoms with Crippen molar-refractivity contribution in [1.82, 2.24) is 4.90 Å². The van der Waals surface area contributed by atoms with Gasteiger partial charge in [-0.1, -0.05) is 31.2 Å². The third-order valence-electron chi connectivity index (χ3n) is 4.80. The van der Waals surface area contributed by atoms with Gasteiger partial charge in [0.1, 0.15) is 5.82 Å². The summed E-state index contributed by atoms with van der Waals surface area (Å²) in [7, 11) is 0. The molecule has 1 fully saturated rings. The number of rotatable bonds is 5. The molecule has 26 heavy (non-hydrogen) atoms. The lowest BCUT2D eigenvalue weighted by Crippen LogP contribution is -2.32. The van der Waals surface area contributed by atoms with Crippen molar-refractivity contribution in [2.45, 2.75) is 26.3 Å². The van der Waals surface area contributed by atoms with Crippen molar-refractivity contribution in [3.05, 3.63) is 71.6 Å². The smallest absolute Gasteiger partial charge is 0.248 e. The van der Waals surface area contributed by atoms with E-state index in [0.717, 1.165) is 36.8 Å². The summed E-state index contributed by atoms with van der Waals surface area (Å²) in [6.07, 6.45) is 5.67. The molecule has 3 nitrogen and oxygen atoms in total. The van der Waals surface area contributed by atoms with Gasteiger partial charge in [-0.25, -0.2) is 4.39 Å². The van der Waals surface area contributed by atoms with Gasteiger partial charge in [0, 0.05) is 18.3 Å². The lowest BCUT2D eigenvalue weighted by molar-refractivity contribution is -0.111. The van der Waals surface area contributed by atoms with Crippen LogP contribution in [0.3, 0.4) is 0 Å². The first-order chi connectivity index (χ1) is 12.6. The van der Waals surface area contributed by atoms with E-state index in [1.807, 2.05) is 12.1 Å². The number of hydrogen-bond acceptors (Lipinski definition) is 2. The number of piperidine rings is 1. The minimum absolute atomic E-state index is 0.202. The highest BCUT2D eigenvalue weighted by molar-refractivity contribution is 6.01. The molecule has 0 aliphatic carbocycles. The number of anilines is 1. The molecule has 0 radical (unpaired) electrons. The first-order valence-electron chi connectivity index (χ1n) is 9.14. The Hall–Kier alpha value is -2.46. The Morgan fingerprint density at radius 1 is 1.12 bits per heavy atom. The van der Waals surface area contributed by atoms with Crippen molar-refractivity contribution in [3.63, 3.8) is 0 Å². The fourth-order valence-corrected chi connectivity index (χ4v) is 3.10. The van der Waals surface area contributed by atoms with Crippen LogP contribution >= 0.6 is 0 Å². The summed E-state index contributed by atoms with van der Waals surface area (Å²) in [5, 5.41) is 2.85. The largest absolute Gasteiger partial charge is 0.323 e. The van der Waals surface area contributed by atoms with E-state index in [4.69, 9.17) is 0 Å². The van der Waals surface area contributed by atoms with Crippen molar-refractivity contribution in [2.24, 2.45) is 5.92 Å². The van der Waals surface area contributed by atoms with Crippen LogP contribution in [0, 0.1) is 11.7 Å². The van der Waals surface area contributed by atoms with E-state index in [2.05, 4.69) is 29.3 Å². The van der Waals surface area contributed by atoms with Crippen molar-refractivity contribution in [1.29, 1.82) is 0 Å². The Morgan fingerprint density at radius 2 is 1.77 bits per heavy atom. The first kappa shape index (κ1) is 18.3. The van der Waals surface area contributed by atoms with Gasteiger partial charge < -0.3 is 5.32 Å². The number of nitrogens with one attached hydrogen (secondary N) is 1. The normalized spacial score (nSPS) is 16.1. The number of benzene rings is 2. The van der Waals surface area contributed by atoms with Crippen LogP contribution in [0.1, 0.15) is 30.9 Å². The molecule has 4 heteroatoms. The average molecular weight is 352 g/mol. The second kappa shape index (κ2) is 8.77. The minimum atomic E-state index is -0.286. The Kier molecular flexibility index (Phi) is 6.18. The molecular weight excluding hydrogens is 327 g/mol. The molecule has 0 spiro atoms. The van der Waals surface area contributed by atoms with Gasteiger partial charge in [0.2, 0.25) is 5.91 Å². The molecule has 2 aromatic rings. The second-order valence-corrected chi connectivity index (χ2v) is 7.03. The molecule has 1 N–H and O–H groups in total. The highest BCUT2D eigenvalue weighted by atomic mass is 19.1. The Balaban J connectivity index is 1.50. The molecular formula is C22H25FN2O. The van der Waals surface area contributed by atoms with Gasteiger partial charge in [-0.3, -0.25) is 9.69 Å². The van der Waals surface area contributed by atoms with Crippen molar-refractivity contribution in [3.8, 4) is 0 Å². The molecule has 1 aliphatic heterocycles. The lowest BCUT2D eigenvalue weighted by atomic mass is 9.99. The number of halogens is 1. The number of carbonyl (C=O) groups excluding carboxylic acids is 1. The number of nitrogens with zero attached hydrogens (tertiary/aromatic N) is 1. The van der Waals surface area contributed by atoms with Gasteiger partial charge in [0.25, 0.3) is 0 Å². The van der Waals surface area contributed by atoms with E-state index >= 15 is 0 Å². The molecule has 3 rings (SSSR count). The van der Waals surface area contributed by atoms with Crippen LogP contribution in [0.25, 0.3) is 6.08 Å². The van der Waals surface area contributed by atoms with Crippen LogP contribution in [-0.2, 0) is 11.3 Å². The number of hydrogen-bond donors (Lipinski definition) is 1. The molecule has 0 bridgehead atoms. The Bertz CT molecular complexity index is 745. The topological polar surface area (TPSA) is 32.3 Å². The Labute approximate surface area is 154 Å². The zero-order valence-electron chi connectivity index (χ0n) is 15.1. The summed E-state index contributed by atoms with van der Waals surface area (Å²) in [5.41, 5.74) is 2.82. The quantitative estimate of drug-likeness (QED) is 0.791. The Morgan fingerprint density at radius 3 is 2.42 bits per heavy atom. The third-order valence-corrected chi connectivity index (χ3v) is 4.80. The number of likely N-dealkylation sites (tertiary alicyclic amines) is 1. The molecule has 2 aromatic carbocycles. The predicted octanol–water partition coefficient (Wildman–Crippen LogP) is 4.71. The number of amides is 1. The molecule has 0 unspecified atom stereocenters. The molecule has 1 aliphatic rings. The molecule has 0 atom stereocenters. The zero-order valence-corrected chi connectivity index (χ0v) is 15.1. The van der Waals surface area contributed by atoms with Crippen LogP contribution in [-0.4, -0.2) is 23.9 Å². The van der Waals surface area contributed by atoms with Crippen LogP contribution in [0.15, 0.2) is 54.6 Å². The van der Waals surface area contributed by atoms with E-state index < -0.39 is 0 Å². The van der Waals surface area contributed by atoms with Crippen LogP contribution in [0.4, 0.5) is 10.1 Å². The van der Waals surface area contributed by atoms with E-state index in [9.17, 15) is 9.18 Å². The SMILES string of the molecule is CC1CCN(Cc2ccc(NC(=O)/C=C/c3ccc(F)cc3)cc2)CC1. The van der Waals surface area contributed by atoms with Crippen molar-refractivity contribution < 1.29 is 9.18 Å². The molecule has 1 amide bonds. The predicted molar refractivity (Wildman–Crippen MR) is 104 cm³/mol. The van der Waals surface area contributed by atoms with Crippen molar-refractivity contribution >= 4 is 17.7 Å². The summed E-state index contributed by atoms with van der Waals surface area (Å²) >= 11 is 0. The van der Waals surface area contributed by atoms with Gasteiger partial charge in [-0.15, -0.1) is 0 Å². The summed E-state index contributed by atoms with van der Waals surface area (Å²) in [4.78, 5) is 14.5. The fraction of sp³-hybridized carbons (Fsp3) is 0.318. The van der Waals surface area contributed by atoms with Gasteiger partial charge in [-0.2, -0.15) is 0 Å². The molecule has 1 saturated heterocycles. The third kappa shape index (κ3) is 5.53. The summed E-state index contributed by atoms with van der Waals surface area (Å²) < 4.78 is 12.9. The van der Waals surface area contributed by atoms with E-state index in [0.29, 0.717) is 0 Å². The van der Waals surface area contributed by atoms with Gasteiger partial charge >= 0.3 is 0 Å². The lowest BCUT2D eigenvalue weighted by Gasteiger charge is -2.30.